The van der Waals surface area contributed by atoms with Crippen LogP contribution in [0.25, 0.3) is 10.2 Å². The van der Waals surface area contributed by atoms with Crippen LogP contribution in [0.1, 0.15) is 35.0 Å². The van der Waals surface area contributed by atoms with Crippen molar-refractivity contribution in [2.75, 3.05) is 44.3 Å². The second-order valence-corrected chi connectivity index (χ2v) is 8.76. The summed E-state index contributed by atoms with van der Waals surface area (Å²) in [7, 11) is 1.84. The van der Waals surface area contributed by atoms with E-state index >= 15 is 0 Å². The average Bonchev–Trinajstić information content (AvgIpc) is 3.33. The van der Waals surface area contributed by atoms with Crippen molar-refractivity contribution < 1.29 is 9.53 Å². The number of aromatic nitrogens is 3. The van der Waals surface area contributed by atoms with Gasteiger partial charge in [-0.2, -0.15) is 5.10 Å². The standard InChI is InChI=1S/C22H29N5O2S/c1-4-17-6-7-18-19(14-17)30-22(23-18)27(9-5-8-26-10-12-29-13-11-26)21(28)20-16(2)15-25(3)24-20/h6-7,14-15H,4-5,8-13H2,1-3H3. The Bertz CT molecular complexity index is 1020. The summed E-state index contributed by atoms with van der Waals surface area (Å²) in [6, 6.07) is 6.34. The molecule has 160 valence electrons. The predicted octanol–water partition coefficient (Wildman–Crippen LogP) is 3.27. The fraction of sp³-hybridized carbons (Fsp3) is 0.500. The molecule has 0 spiro atoms. The van der Waals surface area contributed by atoms with Gasteiger partial charge in [-0.05, 0) is 37.5 Å². The predicted molar refractivity (Wildman–Crippen MR) is 120 cm³/mol. The van der Waals surface area contributed by atoms with Crippen molar-refractivity contribution >= 4 is 32.6 Å². The summed E-state index contributed by atoms with van der Waals surface area (Å²) in [4.78, 5) is 22.4. The summed E-state index contributed by atoms with van der Waals surface area (Å²) in [5.41, 5.74) is 3.60. The maximum Gasteiger partial charge on any atom is 0.280 e. The summed E-state index contributed by atoms with van der Waals surface area (Å²) in [5.74, 6) is -0.0788. The van der Waals surface area contributed by atoms with Crippen LogP contribution in [0, 0.1) is 6.92 Å². The number of nitrogens with zero attached hydrogens (tertiary/aromatic N) is 5. The summed E-state index contributed by atoms with van der Waals surface area (Å²) >= 11 is 1.58. The summed E-state index contributed by atoms with van der Waals surface area (Å²) < 4.78 is 8.25. The molecule has 3 heterocycles. The lowest BCUT2D eigenvalue weighted by Crippen LogP contribution is -2.39. The highest BCUT2D eigenvalue weighted by Gasteiger charge is 2.25. The van der Waals surface area contributed by atoms with E-state index in [1.807, 2.05) is 25.1 Å². The Morgan fingerprint density at radius 2 is 2.10 bits per heavy atom. The number of amides is 1. The van der Waals surface area contributed by atoms with Crippen molar-refractivity contribution in [2.45, 2.75) is 26.7 Å². The highest BCUT2D eigenvalue weighted by molar-refractivity contribution is 7.22. The fourth-order valence-corrected chi connectivity index (χ4v) is 4.85. The monoisotopic (exact) mass is 427 g/mol. The molecule has 3 aromatic rings. The van der Waals surface area contributed by atoms with Gasteiger partial charge in [0, 0.05) is 45.0 Å². The molecule has 7 nitrogen and oxygen atoms in total. The number of morpholine rings is 1. The first-order valence-electron chi connectivity index (χ1n) is 10.6. The van der Waals surface area contributed by atoms with Gasteiger partial charge in [-0.15, -0.1) is 0 Å². The van der Waals surface area contributed by atoms with E-state index in [2.05, 4.69) is 35.1 Å². The van der Waals surface area contributed by atoms with Gasteiger partial charge in [0.25, 0.3) is 5.91 Å². The molecule has 0 aliphatic carbocycles. The van der Waals surface area contributed by atoms with E-state index in [-0.39, 0.29) is 5.91 Å². The molecule has 2 aromatic heterocycles. The molecule has 4 rings (SSSR count). The number of carbonyl (C=O) groups is 1. The van der Waals surface area contributed by atoms with Gasteiger partial charge >= 0.3 is 0 Å². The zero-order valence-corrected chi connectivity index (χ0v) is 18.7. The van der Waals surface area contributed by atoms with Crippen molar-refractivity contribution in [1.82, 2.24) is 19.7 Å². The number of fused-ring (bicyclic) bond motifs is 1. The number of ether oxygens (including phenoxy) is 1. The lowest BCUT2D eigenvalue weighted by Gasteiger charge is -2.27. The number of hydrogen-bond acceptors (Lipinski definition) is 6. The fourth-order valence-electron chi connectivity index (χ4n) is 3.80. The lowest BCUT2D eigenvalue weighted by atomic mass is 10.2. The minimum atomic E-state index is -0.0788. The molecular weight excluding hydrogens is 398 g/mol. The van der Waals surface area contributed by atoms with E-state index < -0.39 is 0 Å². The van der Waals surface area contributed by atoms with Gasteiger partial charge in [-0.1, -0.05) is 24.3 Å². The molecular formula is C22H29N5O2S. The zero-order valence-electron chi connectivity index (χ0n) is 17.9. The van der Waals surface area contributed by atoms with E-state index in [1.54, 1.807) is 16.0 Å². The maximum atomic E-state index is 13.4. The number of benzene rings is 1. The van der Waals surface area contributed by atoms with Gasteiger partial charge in [0.15, 0.2) is 10.8 Å². The zero-order chi connectivity index (χ0) is 21.1. The van der Waals surface area contributed by atoms with Crippen molar-refractivity contribution in [2.24, 2.45) is 7.05 Å². The van der Waals surface area contributed by atoms with Crippen molar-refractivity contribution in [3.8, 4) is 0 Å². The van der Waals surface area contributed by atoms with Crippen LogP contribution in [0.4, 0.5) is 5.13 Å². The number of rotatable bonds is 7. The third kappa shape index (κ3) is 4.55. The molecule has 1 aromatic carbocycles. The highest BCUT2D eigenvalue weighted by Crippen LogP contribution is 2.31. The Morgan fingerprint density at radius 3 is 2.80 bits per heavy atom. The van der Waals surface area contributed by atoms with Crippen LogP contribution in [0.2, 0.25) is 0 Å². The van der Waals surface area contributed by atoms with Gasteiger partial charge in [0.05, 0.1) is 23.4 Å². The van der Waals surface area contributed by atoms with Crippen molar-refractivity contribution in [1.29, 1.82) is 0 Å². The van der Waals surface area contributed by atoms with Crippen LogP contribution in [0.3, 0.4) is 0 Å². The Hall–Kier alpha value is -2.29. The number of anilines is 1. The third-order valence-electron chi connectivity index (χ3n) is 5.50. The Balaban J connectivity index is 1.59. The first-order valence-corrected chi connectivity index (χ1v) is 11.4. The van der Waals surface area contributed by atoms with Gasteiger partial charge in [-0.3, -0.25) is 19.3 Å². The summed E-state index contributed by atoms with van der Waals surface area (Å²) in [6.07, 6.45) is 3.75. The molecule has 0 radical (unpaired) electrons. The third-order valence-corrected chi connectivity index (χ3v) is 6.54. The van der Waals surface area contributed by atoms with Gasteiger partial charge < -0.3 is 4.74 Å². The van der Waals surface area contributed by atoms with Crippen LogP contribution in [-0.4, -0.2) is 65.0 Å². The molecule has 0 saturated carbocycles. The molecule has 8 heteroatoms. The smallest absolute Gasteiger partial charge is 0.280 e. The topological polar surface area (TPSA) is 63.5 Å². The van der Waals surface area contributed by atoms with E-state index in [1.165, 1.54) is 5.56 Å². The van der Waals surface area contributed by atoms with E-state index in [9.17, 15) is 4.79 Å². The highest BCUT2D eigenvalue weighted by atomic mass is 32.1. The maximum absolute atomic E-state index is 13.4. The number of hydrogen-bond donors (Lipinski definition) is 0. The molecule has 1 saturated heterocycles. The minimum absolute atomic E-state index is 0.0788. The largest absolute Gasteiger partial charge is 0.379 e. The molecule has 1 amide bonds. The molecule has 30 heavy (non-hydrogen) atoms. The first-order chi connectivity index (χ1) is 14.5. The van der Waals surface area contributed by atoms with Crippen molar-refractivity contribution in [3.63, 3.8) is 0 Å². The minimum Gasteiger partial charge on any atom is -0.379 e. The number of carbonyl (C=O) groups excluding carboxylic acids is 1. The number of thiazole rings is 1. The quantitative estimate of drug-likeness (QED) is 0.579. The molecule has 1 aliphatic rings. The SMILES string of the molecule is CCc1ccc2nc(N(CCCN3CCOCC3)C(=O)c3nn(C)cc3C)sc2c1. The molecule has 0 N–H and O–H groups in total. The van der Waals surface area contributed by atoms with Crippen LogP contribution in [0.5, 0.6) is 0 Å². The van der Waals surface area contributed by atoms with E-state index in [0.29, 0.717) is 12.2 Å². The Morgan fingerprint density at radius 1 is 1.30 bits per heavy atom. The normalized spacial score (nSPS) is 15.0. The summed E-state index contributed by atoms with van der Waals surface area (Å²) in [6.45, 7) is 9.11. The van der Waals surface area contributed by atoms with Gasteiger partial charge in [-0.25, -0.2) is 4.98 Å². The van der Waals surface area contributed by atoms with Crippen LogP contribution < -0.4 is 4.90 Å². The second-order valence-electron chi connectivity index (χ2n) is 7.75. The molecule has 0 unspecified atom stereocenters. The summed E-state index contributed by atoms with van der Waals surface area (Å²) in [5, 5.41) is 5.16. The van der Waals surface area contributed by atoms with Crippen LogP contribution in [-0.2, 0) is 18.2 Å². The average molecular weight is 428 g/mol. The molecule has 0 bridgehead atoms. The van der Waals surface area contributed by atoms with Crippen LogP contribution >= 0.6 is 11.3 Å². The van der Waals surface area contributed by atoms with Gasteiger partial charge in [0.2, 0.25) is 0 Å². The van der Waals surface area contributed by atoms with Gasteiger partial charge in [0.1, 0.15) is 0 Å². The Kier molecular flexibility index (Phi) is 6.46. The van der Waals surface area contributed by atoms with E-state index in [4.69, 9.17) is 9.72 Å². The lowest BCUT2D eigenvalue weighted by molar-refractivity contribution is 0.0376. The second kappa shape index (κ2) is 9.24. The Labute approximate surface area is 181 Å². The van der Waals surface area contributed by atoms with Crippen molar-refractivity contribution in [3.05, 3.63) is 41.2 Å². The molecule has 0 atom stereocenters. The molecule has 1 fully saturated rings. The van der Waals surface area contributed by atoms with E-state index in [0.717, 1.165) is 66.6 Å². The number of aryl methyl sites for hydroxylation is 3. The van der Waals surface area contributed by atoms with Crippen LogP contribution in [0.15, 0.2) is 24.4 Å². The molecule has 1 aliphatic heterocycles. The first kappa shape index (κ1) is 21.0.